The lowest BCUT2D eigenvalue weighted by Gasteiger charge is -2.35. The van der Waals surface area contributed by atoms with E-state index in [0.717, 1.165) is 25.1 Å². The molecule has 1 unspecified atom stereocenters. The van der Waals surface area contributed by atoms with Crippen LogP contribution in [0.5, 0.6) is 0 Å². The van der Waals surface area contributed by atoms with E-state index in [-0.39, 0.29) is 11.9 Å². The smallest absolute Gasteiger partial charge is 0.241 e. The van der Waals surface area contributed by atoms with Crippen LogP contribution in [0.15, 0.2) is 24.3 Å². The number of hydrogen-bond donors (Lipinski definition) is 2. The Morgan fingerprint density at radius 2 is 2.00 bits per heavy atom. The quantitative estimate of drug-likeness (QED) is 0.893. The van der Waals surface area contributed by atoms with Crippen LogP contribution < -0.4 is 10.6 Å². The second-order valence-electron chi connectivity index (χ2n) is 6.99. The van der Waals surface area contributed by atoms with Crippen LogP contribution in [0.25, 0.3) is 0 Å². The molecule has 0 aromatic heterocycles. The lowest BCUT2D eigenvalue weighted by Crippen LogP contribution is -2.45. The summed E-state index contributed by atoms with van der Waals surface area (Å²) < 4.78 is 0. The first kappa shape index (κ1) is 14.6. The third kappa shape index (κ3) is 3.46. The van der Waals surface area contributed by atoms with Gasteiger partial charge in [-0.15, -0.1) is 0 Å². The summed E-state index contributed by atoms with van der Waals surface area (Å²) in [6.45, 7) is 3.32. The highest BCUT2D eigenvalue weighted by atomic mass is 16.2. The molecular weight excluding hydrogens is 260 g/mol. The molecule has 1 amide bonds. The molecule has 114 valence electrons. The van der Waals surface area contributed by atoms with Crippen molar-refractivity contribution < 1.29 is 4.79 Å². The molecule has 21 heavy (non-hydrogen) atoms. The first-order chi connectivity index (χ1) is 10.2. The number of benzene rings is 1. The molecule has 3 heteroatoms. The van der Waals surface area contributed by atoms with Crippen LogP contribution in [0, 0.1) is 5.41 Å². The molecule has 2 aliphatic rings. The summed E-state index contributed by atoms with van der Waals surface area (Å²) in [5, 5.41) is 6.62. The lowest BCUT2D eigenvalue weighted by molar-refractivity contribution is -0.118. The molecule has 1 fully saturated rings. The molecule has 0 saturated heterocycles. The van der Waals surface area contributed by atoms with Crippen molar-refractivity contribution in [3.05, 3.63) is 29.8 Å². The predicted octanol–water partition coefficient (Wildman–Crippen LogP) is 3.50. The molecule has 0 radical (unpaired) electrons. The first-order valence-electron chi connectivity index (χ1n) is 8.28. The number of amides is 1. The Morgan fingerprint density at radius 3 is 2.81 bits per heavy atom. The van der Waals surface area contributed by atoms with Crippen molar-refractivity contribution in [2.75, 3.05) is 11.9 Å². The van der Waals surface area contributed by atoms with Gasteiger partial charge < -0.3 is 10.6 Å². The number of nitrogens with one attached hydrogen (secondary N) is 2. The topological polar surface area (TPSA) is 41.1 Å². The SMILES string of the molecule is CC1(CNC2CCc3ccccc3NC2=O)CCCCC1. The fourth-order valence-electron chi connectivity index (χ4n) is 3.66. The minimum Gasteiger partial charge on any atom is -0.324 e. The largest absolute Gasteiger partial charge is 0.324 e. The molecule has 3 rings (SSSR count). The van der Waals surface area contributed by atoms with Gasteiger partial charge in [-0.3, -0.25) is 4.79 Å². The summed E-state index contributed by atoms with van der Waals surface area (Å²) in [6, 6.07) is 8.08. The molecule has 2 N–H and O–H groups in total. The maximum Gasteiger partial charge on any atom is 0.241 e. The third-order valence-corrected chi connectivity index (χ3v) is 5.13. The van der Waals surface area contributed by atoms with Crippen molar-refractivity contribution in [3.8, 4) is 0 Å². The van der Waals surface area contributed by atoms with Crippen LogP contribution in [-0.4, -0.2) is 18.5 Å². The summed E-state index contributed by atoms with van der Waals surface area (Å²) in [7, 11) is 0. The van der Waals surface area contributed by atoms with Gasteiger partial charge >= 0.3 is 0 Å². The van der Waals surface area contributed by atoms with E-state index in [1.165, 1.54) is 37.7 Å². The fourth-order valence-corrected chi connectivity index (χ4v) is 3.66. The molecule has 1 saturated carbocycles. The molecule has 1 atom stereocenters. The minimum atomic E-state index is -0.0591. The van der Waals surface area contributed by atoms with E-state index in [0.29, 0.717) is 5.41 Å². The fraction of sp³-hybridized carbons (Fsp3) is 0.611. The zero-order valence-electron chi connectivity index (χ0n) is 13.0. The normalized spacial score (nSPS) is 24.8. The van der Waals surface area contributed by atoms with Gasteiger partial charge in [0.1, 0.15) is 0 Å². The maximum atomic E-state index is 12.4. The van der Waals surface area contributed by atoms with Gasteiger partial charge in [0.15, 0.2) is 0 Å². The summed E-state index contributed by atoms with van der Waals surface area (Å²) >= 11 is 0. The number of carbonyl (C=O) groups excluding carboxylic acids is 1. The average Bonchev–Trinajstić information content (AvgIpc) is 2.64. The summed E-state index contributed by atoms with van der Waals surface area (Å²) in [6.07, 6.45) is 8.46. The van der Waals surface area contributed by atoms with Crippen molar-refractivity contribution in [1.82, 2.24) is 5.32 Å². The van der Waals surface area contributed by atoms with Crippen molar-refractivity contribution in [2.45, 2.75) is 57.9 Å². The van der Waals surface area contributed by atoms with Gasteiger partial charge in [0.25, 0.3) is 0 Å². The number of carbonyl (C=O) groups is 1. The highest BCUT2D eigenvalue weighted by Crippen LogP contribution is 2.35. The Hall–Kier alpha value is -1.35. The molecule has 1 aromatic rings. The van der Waals surface area contributed by atoms with E-state index in [4.69, 9.17) is 0 Å². The van der Waals surface area contributed by atoms with E-state index in [1.54, 1.807) is 0 Å². The van der Waals surface area contributed by atoms with E-state index < -0.39 is 0 Å². The molecular formula is C18H26N2O. The number of aryl methyl sites for hydroxylation is 1. The van der Waals surface area contributed by atoms with E-state index >= 15 is 0 Å². The van der Waals surface area contributed by atoms with Gasteiger partial charge in [-0.2, -0.15) is 0 Å². The van der Waals surface area contributed by atoms with Gasteiger partial charge in [-0.05, 0) is 42.7 Å². The van der Waals surface area contributed by atoms with Crippen LogP contribution in [-0.2, 0) is 11.2 Å². The van der Waals surface area contributed by atoms with E-state index in [1.807, 2.05) is 18.2 Å². The van der Waals surface area contributed by atoms with Gasteiger partial charge in [-0.25, -0.2) is 0 Å². The lowest BCUT2D eigenvalue weighted by atomic mass is 9.75. The van der Waals surface area contributed by atoms with Crippen LogP contribution in [0.3, 0.4) is 0 Å². The highest BCUT2D eigenvalue weighted by Gasteiger charge is 2.29. The molecule has 0 bridgehead atoms. The van der Waals surface area contributed by atoms with E-state index in [2.05, 4.69) is 23.6 Å². The molecule has 1 aliphatic carbocycles. The van der Waals surface area contributed by atoms with Crippen LogP contribution in [0.4, 0.5) is 5.69 Å². The standard InChI is InChI=1S/C18H26N2O/c1-18(11-5-2-6-12-18)13-19-16-10-9-14-7-3-4-8-15(14)20-17(16)21/h3-4,7-8,16,19H,2,5-6,9-13H2,1H3,(H,20,21). The molecule has 1 heterocycles. The second-order valence-corrected chi connectivity index (χ2v) is 6.99. The monoisotopic (exact) mass is 286 g/mol. The van der Waals surface area contributed by atoms with Crippen molar-refractivity contribution in [1.29, 1.82) is 0 Å². The summed E-state index contributed by atoms with van der Waals surface area (Å²) in [5.41, 5.74) is 2.60. The van der Waals surface area contributed by atoms with Gasteiger partial charge in [0, 0.05) is 12.2 Å². The van der Waals surface area contributed by atoms with Crippen molar-refractivity contribution in [2.24, 2.45) is 5.41 Å². The third-order valence-electron chi connectivity index (χ3n) is 5.13. The van der Waals surface area contributed by atoms with Crippen molar-refractivity contribution in [3.63, 3.8) is 0 Å². The highest BCUT2D eigenvalue weighted by molar-refractivity contribution is 5.96. The first-order valence-corrected chi connectivity index (χ1v) is 8.28. The van der Waals surface area contributed by atoms with Crippen LogP contribution >= 0.6 is 0 Å². The molecule has 3 nitrogen and oxygen atoms in total. The second kappa shape index (κ2) is 6.18. The molecule has 0 spiro atoms. The Labute approximate surface area is 127 Å². The Bertz CT molecular complexity index is 506. The number of anilines is 1. The maximum absolute atomic E-state index is 12.4. The number of fused-ring (bicyclic) bond motifs is 1. The van der Waals surface area contributed by atoms with Gasteiger partial charge in [0.05, 0.1) is 6.04 Å². The average molecular weight is 286 g/mol. The minimum absolute atomic E-state index is 0.0591. The van der Waals surface area contributed by atoms with Crippen LogP contribution in [0.1, 0.15) is 51.0 Å². The summed E-state index contributed by atoms with van der Waals surface area (Å²) in [4.78, 5) is 12.4. The predicted molar refractivity (Wildman–Crippen MR) is 86.4 cm³/mol. The van der Waals surface area contributed by atoms with Gasteiger partial charge in [-0.1, -0.05) is 44.4 Å². The zero-order chi connectivity index (χ0) is 14.7. The molecule has 1 aromatic carbocycles. The zero-order valence-corrected chi connectivity index (χ0v) is 13.0. The Kier molecular flexibility index (Phi) is 4.29. The molecule has 1 aliphatic heterocycles. The number of rotatable bonds is 3. The number of hydrogen-bond acceptors (Lipinski definition) is 2. The summed E-state index contributed by atoms with van der Waals surface area (Å²) in [5.74, 6) is 0.124. The van der Waals surface area contributed by atoms with Crippen LogP contribution in [0.2, 0.25) is 0 Å². The Balaban J connectivity index is 1.61. The number of para-hydroxylation sites is 1. The van der Waals surface area contributed by atoms with Crippen molar-refractivity contribution >= 4 is 11.6 Å². The van der Waals surface area contributed by atoms with Gasteiger partial charge in [0.2, 0.25) is 5.91 Å². The van der Waals surface area contributed by atoms with E-state index in [9.17, 15) is 4.79 Å². The Morgan fingerprint density at radius 1 is 1.24 bits per heavy atom.